The van der Waals surface area contributed by atoms with Gasteiger partial charge in [0.15, 0.2) is 0 Å². The highest BCUT2D eigenvalue weighted by atomic mass is 19.1. The Morgan fingerprint density at radius 3 is 2.76 bits per heavy atom. The molecule has 0 aliphatic carbocycles. The molecule has 2 rings (SSSR count). The second-order valence-electron chi connectivity index (χ2n) is 5.99. The van der Waals surface area contributed by atoms with E-state index in [1.54, 1.807) is 12.3 Å². The Kier molecular flexibility index (Phi) is 4.75. The molecule has 0 aliphatic rings. The highest BCUT2D eigenvalue weighted by Crippen LogP contribution is 2.32. The molecule has 1 unspecified atom stereocenters. The van der Waals surface area contributed by atoms with Crippen LogP contribution in [0.25, 0.3) is 0 Å². The van der Waals surface area contributed by atoms with Gasteiger partial charge < -0.3 is 15.0 Å². The third kappa shape index (κ3) is 3.68. The molecule has 0 fully saturated rings. The van der Waals surface area contributed by atoms with Crippen LogP contribution in [0.2, 0.25) is 0 Å². The summed E-state index contributed by atoms with van der Waals surface area (Å²) in [6, 6.07) is 6.37. The minimum Gasteiger partial charge on any atom is -0.396 e. The topological polar surface area (TPSA) is 50.1 Å². The summed E-state index contributed by atoms with van der Waals surface area (Å²) in [6.45, 7) is 4.50. The van der Waals surface area contributed by atoms with E-state index < -0.39 is 0 Å². The fourth-order valence-corrected chi connectivity index (χ4v) is 2.33. The Morgan fingerprint density at radius 1 is 1.43 bits per heavy atom. The van der Waals surface area contributed by atoms with Crippen LogP contribution in [0, 0.1) is 11.2 Å². The van der Waals surface area contributed by atoms with Gasteiger partial charge in [-0.1, -0.05) is 26.0 Å². The molecule has 0 bridgehead atoms. The molecule has 1 heterocycles. The van der Waals surface area contributed by atoms with Crippen molar-refractivity contribution < 1.29 is 9.50 Å². The van der Waals surface area contributed by atoms with E-state index in [0.717, 1.165) is 11.4 Å². The summed E-state index contributed by atoms with van der Waals surface area (Å²) in [7, 11) is 1.92. The number of nitrogens with one attached hydrogen (secondary N) is 1. The summed E-state index contributed by atoms with van der Waals surface area (Å²) in [6.07, 6.45) is 3.61. The van der Waals surface area contributed by atoms with Gasteiger partial charge in [-0.05, 0) is 17.7 Å². The van der Waals surface area contributed by atoms with Crippen molar-refractivity contribution in [3.8, 4) is 0 Å². The Bertz CT molecular complexity index is 595. The zero-order chi connectivity index (χ0) is 15.5. The van der Waals surface area contributed by atoms with Crippen LogP contribution in [0.3, 0.4) is 0 Å². The molecule has 0 aliphatic heterocycles. The summed E-state index contributed by atoms with van der Waals surface area (Å²) in [5, 5.41) is 13.0. The van der Waals surface area contributed by atoms with Gasteiger partial charge in [0.1, 0.15) is 11.6 Å². The second kappa shape index (κ2) is 6.37. The average molecular weight is 291 g/mol. The number of aryl methyl sites for hydroxylation is 1. The molecule has 2 aromatic rings. The largest absolute Gasteiger partial charge is 0.396 e. The Hall–Kier alpha value is -1.72. The molecule has 114 valence electrons. The number of aromatic nitrogens is 2. The summed E-state index contributed by atoms with van der Waals surface area (Å²) in [5.41, 5.74) is 0.481. The molecule has 0 saturated carbocycles. The van der Waals surface area contributed by atoms with Crippen molar-refractivity contribution in [1.29, 1.82) is 0 Å². The normalized spacial score (nSPS) is 13.4. The highest BCUT2D eigenvalue weighted by Gasteiger charge is 2.32. The van der Waals surface area contributed by atoms with E-state index in [9.17, 15) is 9.50 Å². The zero-order valence-electron chi connectivity index (χ0n) is 12.7. The summed E-state index contributed by atoms with van der Waals surface area (Å²) in [5.74, 6) is 0.606. The van der Waals surface area contributed by atoms with E-state index in [1.807, 2.05) is 37.7 Å². The first-order valence-corrected chi connectivity index (χ1v) is 7.00. The molecule has 1 aromatic heterocycles. The van der Waals surface area contributed by atoms with Crippen LogP contribution < -0.4 is 5.32 Å². The van der Waals surface area contributed by atoms with Crippen molar-refractivity contribution in [1.82, 2.24) is 14.9 Å². The fraction of sp³-hybridized carbons (Fsp3) is 0.438. The predicted octanol–water partition coefficient (Wildman–Crippen LogP) is 2.41. The number of aliphatic hydroxyl groups is 1. The SMILES string of the molecule is Cn1ccnc1C(NCc1cccc(F)c1)C(C)(C)CO. The number of hydrogen-bond acceptors (Lipinski definition) is 3. The monoisotopic (exact) mass is 291 g/mol. The van der Waals surface area contributed by atoms with Gasteiger partial charge in [0.2, 0.25) is 0 Å². The summed E-state index contributed by atoms with van der Waals surface area (Å²) in [4.78, 5) is 4.38. The van der Waals surface area contributed by atoms with Crippen LogP contribution >= 0.6 is 0 Å². The molecule has 2 N–H and O–H groups in total. The van der Waals surface area contributed by atoms with Crippen LogP contribution in [0.15, 0.2) is 36.7 Å². The zero-order valence-corrected chi connectivity index (χ0v) is 12.7. The van der Waals surface area contributed by atoms with Gasteiger partial charge in [-0.2, -0.15) is 0 Å². The molecule has 0 saturated heterocycles. The number of rotatable bonds is 6. The van der Waals surface area contributed by atoms with Crippen LogP contribution in [-0.4, -0.2) is 21.3 Å². The Labute approximate surface area is 124 Å². The van der Waals surface area contributed by atoms with Gasteiger partial charge in [0, 0.05) is 31.4 Å². The number of imidazole rings is 1. The van der Waals surface area contributed by atoms with Gasteiger partial charge in [0.05, 0.1) is 12.6 Å². The van der Waals surface area contributed by atoms with Crippen molar-refractivity contribution in [2.75, 3.05) is 6.61 Å². The first kappa shape index (κ1) is 15.7. The molecule has 0 amide bonds. The quantitative estimate of drug-likeness (QED) is 0.859. The third-order valence-corrected chi connectivity index (χ3v) is 3.70. The van der Waals surface area contributed by atoms with E-state index >= 15 is 0 Å². The van der Waals surface area contributed by atoms with Crippen LogP contribution in [0.5, 0.6) is 0 Å². The Balaban J connectivity index is 2.19. The van der Waals surface area contributed by atoms with Gasteiger partial charge >= 0.3 is 0 Å². The lowest BCUT2D eigenvalue weighted by Crippen LogP contribution is -2.38. The van der Waals surface area contributed by atoms with Crippen LogP contribution in [0.1, 0.15) is 31.3 Å². The first-order chi connectivity index (χ1) is 9.94. The van der Waals surface area contributed by atoms with Gasteiger partial charge in [-0.3, -0.25) is 0 Å². The predicted molar refractivity (Wildman–Crippen MR) is 80.1 cm³/mol. The maximum Gasteiger partial charge on any atom is 0.126 e. The number of halogens is 1. The number of hydrogen-bond donors (Lipinski definition) is 2. The van der Waals surface area contributed by atoms with E-state index in [2.05, 4.69) is 10.3 Å². The van der Waals surface area contributed by atoms with E-state index in [4.69, 9.17) is 0 Å². The molecule has 1 atom stereocenters. The van der Waals surface area contributed by atoms with Crippen molar-refractivity contribution in [3.05, 3.63) is 53.9 Å². The molecule has 1 aromatic carbocycles. The number of benzene rings is 1. The Morgan fingerprint density at radius 2 is 2.19 bits per heavy atom. The van der Waals surface area contributed by atoms with E-state index in [1.165, 1.54) is 12.1 Å². The van der Waals surface area contributed by atoms with Crippen LogP contribution in [0.4, 0.5) is 4.39 Å². The van der Waals surface area contributed by atoms with Crippen molar-refractivity contribution in [2.45, 2.75) is 26.4 Å². The number of nitrogens with zero attached hydrogens (tertiary/aromatic N) is 2. The molecule has 0 spiro atoms. The number of aliphatic hydroxyl groups excluding tert-OH is 1. The molecule has 4 nitrogen and oxygen atoms in total. The third-order valence-electron chi connectivity index (χ3n) is 3.70. The standard InChI is InChI=1S/C16H22FN3O/c1-16(2,11-21)14(15-18-7-8-20(15)3)19-10-12-5-4-6-13(17)9-12/h4-9,14,19,21H,10-11H2,1-3H3. The maximum atomic E-state index is 13.2. The lowest BCUT2D eigenvalue weighted by Gasteiger charge is -2.33. The smallest absolute Gasteiger partial charge is 0.126 e. The summed E-state index contributed by atoms with van der Waals surface area (Å²) < 4.78 is 15.2. The highest BCUT2D eigenvalue weighted by molar-refractivity contribution is 5.16. The van der Waals surface area contributed by atoms with Crippen molar-refractivity contribution in [2.24, 2.45) is 12.5 Å². The van der Waals surface area contributed by atoms with Gasteiger partial charge in [-0.25, -0.2) is 9.37 Å². The lowest BCUT2D eigenvalue weighted by atomic mass is 9.84. The molecule has 21 heavy (non-hydrogen) atoms. The van der Waals surface area contributed by atoms with Crippen molar-refractivity contribution >= 4 is 0 Å². The minimum atomic E-state index is -0.383. The average Bonchev–Trinajstić information content (AvgIpc) is 2.85. The maximum absolute atomic E-state index is 13.2. The summed E-state index contributed by atoms with van der Waals surface area (Å²) >= 11 is 0. The van der Waals surface area contributed by atoms with Gasteiger partial charge in [-0.15, -0.1) is 0 Å². The molecular weight excluding hydrogens is 269 g/mol. The van der Waals surface area contributed by atoms with Crippen molar-refractivity contribution in [3.63, 3.8) is 0 Å². The second-order valence-corrected chi connectivity index (χ2v) is 5.99. The first-order valence-electron chi connectivity index (χ1n) is 7.00. The fourth-order valence-electron chi connectivity index (χ4n) is 2.33. The molecular formula is C16H22FN3O. The molecule has 0 radical (unpaired) electrons. The van der Waals surface area contributed by atoms with Gasteiger partial charge in [0.25, 0.3) is 0 Å². The molecule has 5 heteroatoms. The van der Waals surface area contributed by atoms with E-state index in [0.29, 0.717) is 6.54 Å². The van der Waals surface area contributed by atoms with Crippen LogP contribution in [-0.2, 0) is 13.6 Å². The minimum absolute atomic E-state index is 0.0284. The van der Waals surface area contributed by atoms with E-state index in [-0.39, 0.29) is 23.9 Å². The lowest BCUT2D eigenvalue weighted by molar-refractivity contribution is 0.109.